The Bertz CT molecular complexity index is 1330. The Labute approximate surface area is 198 Å². The summed E-state index contributed by atoms with van der Waals surface area (Å²) in [5, 5.41) is 6.82. The number of nitrogens with zero attached hydrogens (tertiary/aromatic N) is 1. The summed E-state index contributed by atoms with van der Waals surface area (Å²) in [6, 6.07) is 21.9. The zero-order valence-corrected chi connectivity index (χ0v) is 19.4. The Morgan fingerprint density at radius 3 is 1.91 bits per heavy atom. The summed E-state index contributed by atoms with van der Waals surface area (Å²) in [5.74, 6) is 0.323. The van der Waals surface area contributed by atoms with Gasteiger partial charge in [-0.3, -0.25) is 9.59 Å². The van der Waals surface area contributed by atoms with Crippen LogP contribution in [0.2, 0.25) is 0 Å². The minimum absolute atomic E-state index is 0.267. The summed E-state index contributed by atoms with van der Waals surface area (Å²) in [4.78, 5) is 25.9. The molecular formula is C27H27N3O4. The van der Waals surface area contributed by atoms with Crippen LogP contribution < -0.4 is 20.1 Å². The maximum absolute atomic E-state index is 13.2. The third-order valence-corrected chi connectivity index (χ3v) is 5.40. The number of fused-ring (bicyclic) bond motifs is 1. The number of hydrogen-bond donors (Lipinski definition) is 2. The topological polar surface area (TPSA) is 81.6 Å². The van der Waals surface area contributed by atoms with Crippen LogP contribution >= 0.6 is 0 Å². The van der Waals surface area contributed by atoms with Gasteiger partial charge in [-0.15, -0.1) is 0 Å². The normalized spacial score (nSPS) is 10.7. The second kappa shape index (κ2) is 10.1. The van der Waals surface area contributed by atoms with Crippen molar-refractivity contribution in [3.8, 4) is 11.5 Å². The standard InChI is InChI=1S/C27H27N3O4/c1-4-33-24-17-21(29-27(32)23-15-19-13-9-10-14-22(19)30(23)3)25(34-5-2)16-20(24)28-26(31)18-11-7-6-8-12-18/h6-17H,4-5H2,1-3H3,(H,28,31)(H,29,32). The van der Waals surface area contributed by atoms with Crippen molar-refractivity contribution in [3.63, 3.8) is 0 Å². The summed E-state index contributed by atoms with van der Waals surface area (Å²) in [6.45, 7) is 4.48. The number of carbonyl (C=O) groups excluding carboxylic acids is 2. The van der Waals surface area contributed by atoms with E-state index in [0.29, 0.717) is 47.3 Å². The number of benzene rings is 3. The molecule has 0 aliphatic heterocycles. The van der Waals surface area contributed by atoms with E-state index in [0.717, 1.165) is 10.9 Å². The van der Waals surface area contributed by atoms with E-state index in [-0.39, 0.29) is 11.8 Å². The van der Waals surface area contributed by atoms with Gasteiger partial charge in [0.1, 0.15) is 17.2 Å². The van der Waals surface area contributed by atoms with Gasteiger partial charge < -0.3 is 24.7 Å². The van der Waals surface area contributed by atoms with Crippen molar-refractivity contribution in [2.45, 2.75) is 13.8 Å². The Balaban J connectivity index is 1.67. The summed E-state index contributed by atoms with van der Waals surface area (Å²) < 4.78 is 13.4. The van der Waals surface area contributed by atoms with Crippen LogP contribution in [0, 0.1) is 0 Å². The lowest BCUT2D eigenvalue weighted by Gasteiger charge is -2.18. The molecule has 1 heterocycles. The van der Waals surface area contributed by atoms with Gasteiger partial charge in [-0.25, -0.2) is 0 Å². The molecular weight excluding hydrogens is 430 g/mol. The zero-order valence-electron chi connectivity index (χ0n) is 19.4. The van der Waals surface area contributed by atoms with Gasteiger partial charge in [0, 0.05) is 35.6 Å². The van der Waals surface area contributed by atoms with E-state index in [4.69, 9.17) is 9.47 Å². The minimum atomic E-state index is -0.275. The fraction of sp³-hybridized carbons (Fsp3) is 0.185. The van der Waals surface area contributed by atoms with Gasteiger partial charge in [-0.1, -0.05) is 36.4 Å². The number of carbonyl (C=O) groups is 2. The predicted molar refractivity (Wildman–Crippen MR) is 134 cm³/mol. The van der Waals surface area contributed by atoms with Crippen LogP contribution in [0.15, 0.2) is 72.8 Å². The Morgan fingerprint density at radius 1 is 0.765 bits per heavy atom. The molecule has 3 aromatic carbocycles. The molecule has 0 aliphatic rings. The van der Waals surface area contributed by atoms with Crippen molar-refractivity contribution >= 4 is 34.1 Å². The highest BCUT2D eigenvalue weighted by atomic mass is 16.5. The first kappa shape index (κ1) is 22.9. The Kier molecular flexibility index (Phi) is 6.82. The third-order valence-electron chi connectivity index (χ3n) is 5.40. The molecule has 4 rings (SSSR count). The maximum atomic E-state index is 13.2. The molecule has 0 unspecified atom stereocenters. The molecule has 2 N–H and O–H groups in total. The molecule has 7 nitrogen and oxygen atoms in total. The van der Waals surface area contributed by atoms with E-state index >= 15 is 0 Å². The summed E-state index contributed by atoms with van der Waals surface area (Å²) in [6.07, 6.45) is 0. The fourth-order valence-electron chi connectivity index (χ4n) is 3.78. The summed E-state index contributed by atoms with van der Waals surface area (Å²) in [5.41, 5.74) is 2.92. The molecule has 0 spiro atoms. The number of aromatic nitrogens is 1. The number of amides is 2. The molecule has 0 bridgehead atoms. The number of hydrogen-bond acceptors (Lipinski definition) is 4. The van der Waals surface area contributed by atoms with Crippen LogP contribution in [0.3, 0.4) is 0 Å². The van der Waals surface area contributed by atoms with Gasteiger partial charge in [0.15, 0.2) is 0 Å². The van der Waals surface area contributed by atoms with E-state index in [1.807, 2.05) is 61.9 Å². The average molecular weight is 458 g/mol. The highest BCUT2D eigenvalue weighted by Crippen LogP contribution is 2.37. The van der Waals surface area contributed by atoms with Crippen LogP contribution in [-0.4, -0.2) is 29.6 Å². The molecule has 4 aromatic rings. The second-order valence-corrected chi connectivity index (χ2v) is 7.63. The van der Waals surface area contributed by atoms with Crippen molar-refractivity contribution < 1.29 is 19.1 Å². The Hall–Kier alpha value is -4.26. The van der Waals surface area contributed by atoms with Crippen molar-refractivity contribution in [1.82, 2.24) is 4.57 Å². The van der Waals surface area contributed by atoms with E-state index in [9.17, 15) is 9.59 Å². The number of aryl methyl sites for hydroxylation is 1. The summed E-state index contributed by atoms with van der Waals surface area (Å²) in [7, 11) is 1.86. The van der Waals surface area contributed by atoms with Crippen LogP contribution in [0.1, 0.15) is 34.7 Å². The first-order valence-corrected chi connectivity index (χ1v) is 11.2. The molecule has 0 radical (unpaired) electrons. The number of ether oxygens (including phenoxy) is 2. The van der Waals surface area contributed by atoms with Crippen LogP contribution in [-0.2, 0) is 7.05 Å². The first-order chi connectivity index (χ1) is 16.5. The zero-order chi connectivity index (χ0) is 24.1. The minimum Gasteiger partial charge on any atom is -0.492 e. The largest absolute Gasteiger partial charge is 0.492 e. The molecule has 0 fully saturated rings. The predicted octanol–water partition coefficient (Wildman–Crippen LogP) is 5.48. The lowest BCUT2D eigenvalue weighted by atomic mass is 10.2. The van der Waals surface area contributed by atoms with Crippen molar-refractivity contribution in [3.05, 3.63) is 84.1 Å². The second-order valence-electron chi connectivity index (χ2n) is 7.63. The van der Waals surface area contributed by atoms with Gasteiger partial charge in [-0.05, 0) is 38.1 Å². The van der Waals surface area contributed by atoms with Gasteiger partial charge in [0.05, 0.1) is 24.6 Å². The van der Waals surface area contributed by atoms with Crippen molar-refractivity contribution in [2.24, 2.45) is 7.05 Å². The van der Waals surface area contributed by atoms with E-state index in [1.54, 1.807) is 36.4 Å². The van der Waals surface area contributed by atoms with E-state index < -0.39 is 0 Å². The van der Waals surface area contributed by atoms with E-state index in [1.165, 1.54) is 0 Å². The SMILES string of the molecule is CCOc1cc(NC(=O)c2cc3ccccc3n2C)c(OCC)cc1NC(=O)c1ccccc1. The molecule has 0 saturated heterocycles. The van der Waals surface area contributed by atoms with Gasteiger partial charge in [-0.2, -0.15) is 0 Å². The monoisotopic (exact) mass is 457 g/mol. The van der Waals surface area contributed by atoms with Gasteiger partial charge in [0.25, 0.3) is 11.8 Å². The quantitative estimate of drug-likeness (QED) is 0.367. The van der Waals surface area contributed by atoms with Gasteiger partial charge >= 0.3 is 0 Å². The number of anilines is 2. The fourth-order valence-corrected chi connectivity index (χ4v) is 3.78. The molecule has 34 heavy (non-hydrogen) atoms. The molecule has 174 valence electrons. The lowest BCUT2D eigenvalue weighted by Crippen LogP contribution is -2.17. The third kappa shape index (κ3) is 4.73. The molecule has 2 amide bonds. The average Bonchev–Trinajstić information content (AvgIpc) is 3.19. The highest BCUT2D eigenvalue weighted by Gasteiger charge is 2.19. The molecule has 1 aromatic heterocycles. The maximum Gasteiger partial charge on any atom is 0.272 e. The molecule has 0 atom stereocenters. The number of rotatable bonds is 8. The molecule has 0 saturated carbocycles. The lowest BCUT2D eigenvalue weighted by molar-refractivity contribution is 0.101. The van der Waals surface area contributed by atoms with Crippen LogP contribution in [0.5, 0.6) is 11.5 Å². The summed E-state index contributed by atoms with van der Waals surface area (Å²) >= 11 is 0. The van der Waals surface area contributed by atoms with Gasteiger partial charge in [0.2, 0.25) is 0 Å². The Morgan fingerprint density at radius 2 is 1.32 bits per heavy atom. The number of nitrogens with one attached hydrogen (secondary N) is 2. The van der Waals surface area contributed by atoms with Crippen LogP contribution in [0.4, 0.5) is 11.4 Å². The smallest absolute Gasteiger partial charge is 0.272 e. The van der Waals surface area contributed by atoms with E-state index in [2.05, 4.69) is 10.6 Å². The highest BCUT2D eigenvalue weighted by molar-refractivity contribution is 6.08. The first-order valence-electron chi connectivity index (χ1n) is 11.2. The van der Waals surface area contributed by atoms with Crippen LogP contribution in [0.25, 0.3) is 10.9 Å². The number of para-hydroxylation sites is 1. The van der Waals surface area contributed by atoms with Crippen molar-refractivity contribution in [1.29, 1.82) is 0 Å². The molecule has 7 heteroatoms. The van der Waals surface area contributed by atoms with Crippen molar-refractivity contribution in [2.75, 3.05) is 23.8 Å². The molecule has 0 aliphatic carbocycles.